The van der Waals surface area contributed by atoms with Crippen LogP contribution in [0.3, 0.4) is 0 Å². The molecule has 3 aliphatic carbocycles. The molecule has 0 radical (unpaired) electrons. The van der Waals surface area contributed by atoms with Gasteiger partial charge in [-0.1, -0.05) is 121 Å². The number of carbonyl (C=O) groups is 2. The van der Waals surface area contributed by atoms with E-state index < -0.39 is 92.6 Å². The standard InChI is InChI=1S/C27H30F6O2S.C23H24F6.C22H21F5S.C5H10O2S.CH4/c1-3-5-16-6-8-17(9-7-16)18-10-11-19(24(29)23(18)28)20-12-13-21(27(31,32)33)25(30)26(20)36-15-14-22(34)35-4-2;1-3-4-14-5-7-15(8-6-14)17-9-10-18(22(26)21(17)25)16-11-12-19(23(27,28)29)20(24)13(16)2;1-2-3-12-4-6-13(7-5-12)14-8-9-15-16-10-11-17(22(25,26)27)19(24)21(16)28-20(15)18(14)23;1-2-7-5(6)3-4-8;/h10-13,16-17H,3-9,14-15H2,1-2H3;9-12,14-15H,3-8H2,1-2H3;8-13H,2-7H2,1H3;8H,2-4H2,1H3;1H4. The lowest BCUT2D eigenvalue weighted by atomic mass is 9.77. The number of carbonyl (C=O) groups excluding carboxylic acids is 2. The zero-order chi connectivity index (χ0) is 74.3. The Morgan fingerprint density at radius 2 is 0.775 bits per heavy atom. The van der Waals surface area contributed by atoms with Crippen molar-refractivity contribution in [3.8, 4) is 22.3 Å². The molecule has 1 aromatic heterocycles. The number of benzene rings is 6. The number of thiol groups is 1. The summed E-state index contributed by atoms with van der Waals surface area (Å²) in [4.78, 5) is 21.5. The average molecular weight is 1510 g/mol. The van der Waals surface area contributed by atoms with Gasteiger partial charge in [0.25, 0.3) is 0 Å². The molecule has 0 bridgehead atoms. The number of thioether (sulfide) groups is 1. The number of rotatable bonds is 19. The van der Waals surface area contributed by atoms with Gasteiger partial charge in [0.1, 0.15) is 17.5 Å². The zero-order valence-electron chi connectivity index (χ0n) is 57.2. The third-order valence-electron chi connectivity index (χ3n) is 19.4. The fourth-order valence-electron chi connectivity index (χ4n) is 14.2. The topological polar surface area (TPSA) is 52.6 Å². The van der Waals surface area contributed by atoms with Gasteiger partial charge in [-0.05, 0) is 179 Å². The predicted octanol–water partition coefficient (Wildman–Crippen LogP) is 27.0. The smallest absolute Gasteiger partial charge is 0.419 e. The summed E-state index contributed by atoms with van der Waals surface area (Å²) in [7, 11) is 0. The molecule has 7 aromatic rings. The highest BCUT2D eigenvalue weighted by Gasteiger charge is 2.39. The van der Waals surface area contributed by atoms with Crippen LogP contribution in [0.1, 0.15) is 227 Å². The SMILES string of the molecule is C.CCCC1CCC(c2ccc(-c3ccc(C(F)(F)F)c(F)c3C)c(F)c2F)CC1.CCCC1CCC(c2ccc(-c3ccc(C(F)(F)F)c(F)c3SCCC(=O)OCC)c(F)c2F)CC1.CCCC1CCC(c2ccc3c(sc4c(F)c(C(F)(F)F)ccc43)c2F)CC1.CCOC(=O)CCS. The summed E-state index contributed by atoms with van der Waals surface area (Å²) >= 11 is 5.27. The molecule has 3 saturated carbocycles. The maximum atomic E-state index is 15.3. The quantitative estimate of drug-likeness (QED) is 0.0378. The van der Waals surface area contributed by atoms with E-state index in [0.29, 0.717) is 82.3 Å². The summed E-state index contributed by atoms with van der Waals surface area (Å²) in [5, 5.41) is 0.816. The molecule has 3 aliphatic rings. The third kappa shape index (κ3) is 21.2. The van der Waals surface area contributed by atoms with Gasteiger partial charge in [-0.25, -0.2) is 35.1 Å². The molecular formula is C78H89F17O4S3. The van der Waals surface area contributed by atoms with Crippen LogP contribution in [0, 0.1) is 71.2 Å². The number of esters is 2. The highest BCUT2D eigenvalue weighted by molar-refractivity contribution is 7.99. The van der Waals surface area contributed by atoms with Crippen LogP contribution in [0.4, 0.5) is 74.6 Å². The molecule has 0 amide bonds. The van der Waals surface area contributed by atoms with Crippen molar-refractivity contribution in [1.82, 2.24) is 0 Å². The summed E-state index contributed by atoms with van der Waals surface area (Å²) in [5.74, 6) is -7.58. The van der Waals surface area contributed by atoms with E-state index in [0.717, 1.165) is 146 Å². The van der Waals surface area contributed by atoms with Crippen LogP contribution >= 0.6 is 35.7 Å². The van der Waals surface area contributed by atoms with Crippen LogP contribution in [-0.4, -0.2) is 36.7 Å². The molecule has 0 spiro atoms. The molecule has 4 nitrogen and oxygen atoms in total. The summed E-state index contributed by atoms with van der Waals surface area (Å²) < 4.78 is 246. The zero-order valence-corrected chi connectivity index (χ0v) is 59.7. The maximum Gasteiger partial charge on any atom is 0.419 e. The number of ether oxygens (including phenoxy) is 2. The van der Waals surface area contributed by atoms with Gasteiger partial charge in [-0.15, -0.1) is 23.1 Å². The lowest BCUT2D eigenvalue weighted by Crippen LogP contribution is -2.15. The van der Waals surface area contributed by atoms with Crippen molar-refractivity contribution in [2.45, 2.75) is 219 Å². The summed E-state index contributed by atoms with van der Waals surface area (Å²) in [5.41, 5.74) is -4.24. The molecule has 0 unspecified atom stereocenters. The van der Waals surface area contributed by atoms with E-state index in [-0.39, 0.29) is 92.7 Å². The molecule has 6 aromatic carbocycles. The molecule has 24 heteroatoms. The Morgan fingerprint density at radius 1 is 0.431 bits per heavy atom. The van der Waals surface area contributed by atoms with Crippen molar-refractivity contribution in [1.29, 1.82) is 0 Å². The summed E-state index contributed by atoms with van der Waals surface area (Å²) in [6.45, 7) is 11.5. The molecular weight excluding hydrogens is 1420 g/mol. The van der Waals surface area contributed by atoms with E-state index in [4.69, 9.17) is 4.74 Å². The number of hydrogen-bond acceptors (Lipinski definition) is 7. The average Bonchev–Trinajstić information content (AvgIpc) is 1.53. The molecule has 562 valence electrons. The highest BCUT2D eigenvalue weighted by atomic mass is 32.2. The number of alkyl halides is 9. The first-order chi connectivity index (χ1) is 47.8. The van der Waals surface area contributed by atoms with Gasteiger partial charge in [0.15, 0.2) is 29.1 Å². The highest BCUT2D eigenvalue weighted by Crippen LogP contribution is 2.49. The molecule has 0 aliphatic heterocycles. The van der Waals surface area contributed by atoms with E-state index >= 15 is 17.6 Å². The normalized spacial score (nSPS) is 18.6. The van der Waals surface area contributed by atoms with Gasteiger partial charge in [-0.3, -0.25) is 9.59 Å². The van der Waals surface area contributed by atoms with Gasteiger partial charge in [0.05, 0.1) is 57.0 Å². The van der Waals surface area contributed by atoms with E-state index in [9.17, 15) is 66.7 Å². The Kier molecular flexibility index (Phi) is 31.9. The van der Waals surface area contributed by atoms with Gasteiger partial charge in [0, 0.05) is 39.0 Å². The maximum absolute atomic E-state index is 15.3. The molecule has 3 fully saturated rings. The molecule has 10 rings (SSSR count). The van der Waals surface area contributed by atoms with Gasteiger partial charge in [-0.2, -0.15) is 52.1 Å². The second kappa shape index (κ2) is 38.3. The van der Waals surface area contributed by atoms with Crippen molar-refractivity contribution >= 4 is 67.8 Å². The molecule has 102 heavy (non-hydrogen) atoms. The van der Waals surface area contributed by atoms with Crippen molar-refractivity contribution in [3.63, 3.8) is 0 Å². The fraction of sp³-hybridized carbons (Fsp3) is 0.513. The van der Waals surface area contributed by atoms with Crippen LogP contribution in [-0.2, 0) is 37.6 Å². The minimum Gasteiger partial charge on any atom is -0.466 e. The number of hydrogen-bond donors (Lipinski definition) is 1. The second-order valence-corrected chi connectivity index (χ2v) is 28.6. The number of thiophene rings is 1. The third-order valence-corrected chi connectivity index (χ3v) is 21.9. The van der Waals surface area contributed by atoms with E-state index in [2.05, 4.69) is 38.1 Å². The Morgan fingerprint density at radius 3 is 1.19 bits per heavy atom. The molecule has 0 saturated heterocycles. The first-order valence-corrected chi connectivity index (χ1v) is 37.0. The largest absolute Gasteiger partial charge is 0.466 e. The van der Waals surface area contributed by atoms with Crippen LogP contribution in [0.2, 0.25) is 0 Å². The van der Waals surface area contributed by atoms with Crippen LogP contribution in [0.5, 0.6) is 0 Å². The minimum absolute atomic E-state index is 0. The molecule has 0 N–H and O–H groups in total. The number of halogens is 17. The predicted molar refractivity (Wildman–Crippen MR) is 375 cm³/mol. The Labute approximate surface area is 600 Å². The lowest BCUT2D eigenvalue weighted by molar-refractivity contribution is -0.143. The minimum atomic E-state index is -4.97. The van der Waals surface area contributed by atoms with Gasteiger partial charge < -0.3 is 9.47 Å². The Balaban J connectivity index is 0.000000228. The summed E-state index contributed by atoms with van der Waals surface area (Å²) in [6.07, 6.45) is 3.32. The van der Waals surface area contributed by atoms with Crippen LogP contribution in [0.25, 0.3) is 42.4 Å². The second-order valence-electron chi connectivity index (χ2n) is 26.0. The van der Waals surface area contributed by atoms with Gasteiger partial charge >= 0.3 is 30.5 Å². The van der Waals surface area contributed by atoms with Crippen molar-refractivity contribution in [2.24, 2.45) is 17.8 Å². The van der Waals surface area contributed by atoms with Gasteiger partial charge in [0.2, 0.25) is 0 Å². The first kappa shape index (κ1) is 84.9. The van der Waals surface area contributed by atoms with E-state index in [1.54, 1.807) is 26.0 Å². The van der Waals surface area contributed by atoms with Crippen molar-refractivity contribution in [2.75, 3.05) is 24.7 Å². The van der Waals surface area contributed by atoms with E-state index in [1.165, 1.54) is 36.8 Å². The monoisotopic (exact) mass is 1510 g/mol. The number of fused-ring (bicyclic) bond motifs is 3. The van der Waals surface area contributed by atoms with Crippen molar-refractivity contribution in [3.05, 3.63) is 158 Å². The lowest BCUT2D eigenvalue weighted by Gasteiger charge is -2.29. The fourth-order valence-corrected chi connectivity index (χ4v) is 16.6. The van der Waals surface area contributed by atoms with Crippen LogP contribution < -0.4 is 0 Å². The molecule has 1 heterocycles. The Bertz CT molecular complexity index is 3910. The van der Waals surface area contributed by atoms with E-state index in [1.807, 2.05) is 0 Å². The van der Waals surface area contributed by atoms with Crippen molar-refractivity contribution < 1.29 is 93.7 Å². The van der Waals surface area contributed by atoms with Crippen LogP contribution in [0.15, 0.2) is 77.7 Å². The molecule has 0 atom stereocenters. The first-order valence-electron chi connectivity index (χ1n) is 34.5. The Hall–Kier alpha value is -6.01. The summed E-state index contributed by atoms with van der Waals surface area (Å²) in [6, 6.07) is 14.1.